The minimum atomic E-state index is -0.888. The molecule has 0 spiro atoms. The minimum Gasteiger partial charge on any atom is -0.359 e. The first-order chi connectivity index (χ1) is 12.8. The van der Waals surface area contributed by atoms with Crippen LogP contribution in [-0.4, -0.2) is 24.1 Å². The second-order valence-corrected chi connectivity index (χ2v) is 7.12. The van der Waals surface area contributed by atoms with Crippen LogP contribution in [0.1, 0.15) is 60.5 Å². The Hall–Kier alpha value is -2.26. The number of carbonyl (C=O) groups excluding carboxylic acids is 1. The minimum absolute atomic E-state index is 0.0171. The highest BCUT2D eigenvalue weighted by atomic mass is 16.5. The van der Waals surface area contributed by atoms with Crippen molar-refractivity contribution >= 4 is 11.5 Å². The summed E-state index contributed by atoms with van der Waals surface area (Å²) in [5.41, 5.74) is 2.31. The first-order valence-corrected chi connectivity index (χ1v) is 9.69. The molecule has 2 aromatic rings. The highest BCUT2D eigenvalue weighted by Crippen LogP contribution is 2.44. The zero-order chi connectivity index (χ0) is 18.0. The number of hydrogen-bond donors (Lipinski definition) is 0. The molecule has 2 aromatic carbocycles. The van der Waals surface area contributed by atoms with Crippen LogP contribution in [0.2, 0.25) is 0 Å². The van der Waals surface area contributed by atoms with E-state index in [4.69, 9.17) is 9.73 Å². The van der Waals surface area contributed by atoms with Gasteiger partial charge in [-0.2, -0.15) is 0 Å². The van der Waals surface area contributed by atoms with E-state index in [1.54, 1.807) is 0 Å². The van der Waals surface area contributed by atoms with Crippen LogP contribution in [0.3, 0.4) is 0 Å². The lowest BCUT2D eigenvalue weighted by Gasteiger charge is -2.32. The molecule has 1 saturated carbocycles. The normalized spacial score (nSPS) is 24.8. The first kappa shape index (κ1) is 17.2. The Bertz CT molecular complexity index is 821. The van der Waals surface area contributed by atoms with E-state index in [2.05, 4.69) is 0 Å². The maximum Gasteiger partial charge on any atom is 0.210 e. The third kappa shape index (κ3) is 2.71. The van der Waals surface area contributed by atoms with Crippen molar-refractivity contribution < 1.29 is 9.53 Å². The van der Waals surface area contributed by atoms with Crippen LogP contribution in [0.25, 0.3) is 0 Å². The van der Waals surface area contributed by atoms with Gasteiger partial charge in [-0.1, -0.05) is 73.9 Å². The average molecular weight is 347 g/mol. The Morgan fingerprint density at radius 3 is 2.42 bits per heavy atom. The van der Waals surface area contributed by atoms with Crippen molar-refractivity contribution in [2.24, 2.45) is 4.99 Å². The standard InChI is InChI=1S/C23H25NO2/c1-2-26-23(17-11-5-3-6-12-17)20-16-10-9-15-19(20)21(25)22(23)24-18-13-7-4-8-14-18/h3,5-6,9-12,15-16,18H,2,4,7-8,13-14H2,1H3. The first-order valence-electron chi connectivity index (χ1n) is 9.69. The van der Waals surface area contributed by atoms with Gasteiger partial charge in [0.1, 0.15) is 5.71 Å². The molecule has 3 nitrogen and oxygen atoms in total. The number of carbonyl (C=O) groups is 1. The van der Waals surface area contributed by atoms with Crippen molar-refractivity contribution in [2.75, 3.05) is 6.61 Å². The summed E-state index contributed by atoms with van der Waals surface area (Å²) in [6.07, 6.45) is 5.77. The van der Waals surface area contributed by atoms with E-state index < -0.39 is 5.60 Å². The zero-order valence-corrected chi connectivity index (χ0v) is 15.3. The third-order valence-electron chi connectivity index (χ3n) is 5.53. The summed E-state index contributed by atoms with van der Waals surface area (Å²) < 4.78 is 6.38. The molecule has 3 heteroatoms. The fourth-order valence-corrected chi connectivity index (χ4v) is 4.36. The van der Waals surface area contributed by atoms with E-state index in [-0.39, 0.29) is 11.8 Å². The second-order valence-electron chi connectivity index (χ2n) is 7.12. The topological polar surface area (TPSA) is 38.7 Å². The number of benzene rings is 2. The molecule has 2 aliphatic carbocycles. The number of rotatable bonds is 4. The highest BCUT2D eigenvalue weighted by molar-refractivity contribution is 6.52. The fourth-order valence-electron chi connectivity index (χ4n) is 4.36. The van der Waals surface area contributed by atoms with Crippen LogP contribution < -0.4 is 0 Å². The molecule has 0 amide bonds. The van der Waals surface area contributed by atoms with Crippen molar-refractivity contribution in [3.05, 3.63) is 71.3 Å². The van der Waals surface area contributed by atoms with Crippen LogP contribution in [0.5, 0.6) is 0 Å². The van der Waals surface area contributed by atoms with E-state index in [1.165, 1.54) is 19.3 Å². The molecule has 0 aliphatic heterocycles. The van der Waals surface area contributed by atoms with Crippen LogP contribution in [0, 0.1) is 0 Å². The molecule has 1 unspecified atom stereocenters. The van der Waals surface area contributed by atoms with Gasteiger partial charge < -0.3 is 4.74 Å². The van der Waals surface area contributed by atoms with Crippen molar-refractivity contribution in [3.63, 3.8) is 0 Å². The molecule has 0 aromatic heterocycles. The molecule has 0 radical (unpaired) electrons. The van der Waals surface area contributed by atoms with Gasteiger partial charge in [-0.25, -0.2) is 0 Å². The number of ether oxygens (including phenoxy) is 1. The van der Waals surface area contributed by atoms with Crippen LogP contribution >= 0.6 is 0 Å². The molecule has 1 fully saturated rings. The van der Waals surface area contributed by atoms with E-state index in [9.17, 15) is 4.79 Å². The lowest BCUT2D eigenvalue weighted by molar-refractivity contribution is 0.0451. The Labute approximate surface area is 155 Å². The van der Waals surface area contributed by atoms with E-state index in [1.807, 2.05) is 61.5 Å². The summed E-state index contributed by atoms with van der Waals surface area (Å²) in [5.74, 6) is 0.0171. The molecule has 0 N–H and O–H groups in total. The van der Waals surface area contributed by atoms with Crippen LogP contribution in [-0.2, 0) is 10.3 Å². The number of hydrogen-bond acceptors (Lipinski definition) is 3. The largest absolute Gasteiger partial charge is 0.359 e. The molecular formula is C23H25NO2. The zero-order valence-electron chi connectivity index (χ0n) is 15.3. The average Bonchev–Trinajstić information content (AvgIpc) is 2.94. The lowest BCUT2D eigenvalue weighted by Crippen LogP contribution is -2.39. The van der Waals surface area contributed by atoms with Gasteiger partial charge in [0.15, 0.2) is 5.60 Å². The van der Waals surface area contributed by atoms with Gasteiger partial charge in [-0.15, -0.1) is 0 Å². The molecule has 0 heterocycles. The Morgan fingerprint density at radius 1 is 1.00 bits per heavy atom. The quantitative estimate of drug-likeness (QED) is 0.786. The number of ketones is 1. The fraction of sp³-hybridized carbons (Fsp3) is 0.391. The van der Waals surface area contributed by atoms with Crippen molar-refractivity contribution in [3.8, 4) is 0 Å². The maximum absolute atomic E-state index is 13.3. The summed E-state index contributed by atoms with van der Waals surface area (Å²) in [5, 5.41) is 0. The van der Waals surface area contributed by atoms with Gasteiger partial charge in [-0.05, 0) is 25.3 Å². The summed E-state index contributed by atoms with van der Waals surface area (Å²) >= 11 is 0. The van der Waals surface area contributed by atoms with Crippen molar-refractivity contribution in [1.82, 2.24) is 0 Å². The van der Waals surface area contributed by atoms with Gasteiger partial charge in [0.2, 0.25) is 5.78 Å². The van der Waals surface area contributed by atoms with E-state index >= 15 is 0 Å². The van der Waals surface area contributed by atoms with Crippen LogP contribution in [0.15, 0.2) is 59.6 Å². The summed E-state index contributed by atoms with van der Waals surface area (Å²) in [7, 11) is 0. The summed E-state index contributed by atoms with van der Waals surface area (Å²) in [6, 6.07) is 18.1. The smallest absolute Gasteiger partial charge is 0.210 e. The molecular weight excluding hydrogens is 322 g/mol. The number of fused-ring (bicyclic) bond motifs is 1. The Balaban J connectivity index is 1.93. The molecule has 2 aliphatic rings. The molecule has 134 valence electrons. The molecule has 26 heavy (non-hydrogen) atoms. The third-order valence-corrected chi connectivity index (χ3v) is 5.53. The monoisotopic (exact) mass is 347 g/mol. The van der Waals surface area contributed by atoms with Crippen LogP contribution in [0.4, 0.5) is 0 Å². The predicted molar refractivity (Wildman–Crippen MR) is 104 cm³/mol. The molecule has 4 rings (SSSR count). The Kier molecular flexibility index (Phi) is 4.73. The predicted octanol–water partition coefficient (Wildman–Crippen LogP) is 4.94. The van der Waals surface area contributed by atoms with E-state index in [0.29, 0.717) is 12.3 Å². The highest BCUT2D eigenvalue weighted by Gasteiger charge is 2.51. The van der Waals surface area contributed by atoms with Gasteiger partial charge in [0.25, 0.3) is 0 Å². The van der Waals surface area contributed by atoms with Crippen molar-refractivity contribution in [2.45, 2.75) is 50.7 Å². The Morgan fingerprint density at radius 2 is 1.69 bits per heavy atom. The van der Waals surface area contributed by atoms with Gasteiger partial charge >= 0.3 is 0 Å². The van der Waals surface area contributed by atoms with Gasteiger partial charge in [-0.3, -0.25) is 9.79 Å². The molecule has 0 bridgehead atoms. The van der Waals surface area contributed by atoms with E-state index in [0.717, 1.165) is 29.5 Å². The SMILES string of the molecule is CCOC1(c2ccccc2)C(=NC2CCCCC2)C(=O)c2ccccc21. The second kappa shape index (κ2) is 7.16. The molecule has 1 atom stereocenters. The number of aliphatic imine (C=N–C) groups is 1. The van der Waals surface area contributed by atoms with Gasteiger partial charge in [0.05, 0.1) is 6.04 Å². The maximum atomic E-state index is 13.3. The van der Waals surface area contributed by atoms with Gasteiger partial charge in [0, 0.05) is 17.7 Å². The summed E-state index contributed by atoms with van der Waals surface area (Å²) in [6.45, 7) is 2.49. The number of nitrogens with zero attached hydrogens (tertiary/aromatic N) is 1. The number of Topliss-reactive ketones (excluding diaryl/α,β-unsaturated/α-hetero) is 1. The molecule has 0 saturated heterocycles. The summed E-state index contributed by atoms with van der Waals surface area (Å²) in [4.78, 5) is 18.3. The van der Waals surface area contributed by atoms with Crippen molar-refractivity contribution in [1.29, 1.82) is 0 Å². The lowest BCUT2D eigenvalue weighted by atomic mass is 9.85.